The summed E-state index contributed by atoms with van der Waals surface area (Å²) in [6, 6.07) is 9.74. The van der Waals surface area contributed by atoms with Crippen LogP contribution in [0.25, 0.3) is 11.0 Å². The predicted octanol–water partition coefficient (Wildman–Crippen LogP) is 5.37. The van der Waals surface area contributed by atoms with E-state index in [0.29, 0.717) is 33.9 Å². The van der Waals surface area contributed by atoms with Crippen LogP contribution in [0.1, 0.15) is 42.6 Å². The van der Waals surface area contributed by atoms with Crippen molar-refractivity contribution in [3.63, 3.8) is 0 Å². The van der Waals surface area contributed by atoms with Crippen LogP contribution in [-0.2, 0) is 0 Å². The third-order valence-electron chi connectivity index (χ3n) is 6.83. The average Bonchev–Trinajstić information content (AvgIpc) is 3.09. The summed E-state index contributed by atoms with van der Waals surface area (Å²) in [5, 5.41) is 3.78. The topological polar surface area (TPSA) is 46.9 Å². The third-order valence-corrected chi connectivity index (χ3v) is 7.09. The van der Waals surface area contributed by atoms with Crippen molar-refractivity contribution < 1.29 is 13.6 Å². The van der Waals surface area contributed by atoms with Crippen molar-refractivity contribution in [3.05, 3.63) is 64.9 Å². The largest absolute Gasteiger partial charge is 0.349 e. The van der Waals surface area contributed by atoms with Crippen LogP contribution >= 0.6 is 11.6 Å². The minimum absolute atomic E-state index is 0.0850. The van der Waals surface area contributed by atoms with Gasteiger partial charge in [0.2, 0.25) is 0 Å². The highest BCUT2D eigenvalue weighted by molar-refractivity contribution is 6.30. The second-order valence-corrected chi connectivity index (χ2v) is 8.84. The van der Waals surface area contributed by atoms with Gasteiger partial charge in [-0.25, -0.2) is 13.8 Å². The lowest BCUT2D eigenvalue weighted by atomic mass is 9.98. The van der Waals surface area contributed by atoms with Gasteiger partial charge in [0.25, 0.3) is 5.91 Å². The normalized spacial score (nSPS) is 25.9. The molecule has 0 spiro atoms. The number of nitrogens with one attached hydrogen (secondary N) is 1. The highest BCUT2D eigenvalue weighted by Gasteiger charge is 2.59. The van der Waals surface area contributed by atoms with Gasteiger partial charge in [0, 0.05) is 22.7 Å². The molecule has 0 aliphatic heterocycles. The molecule has 0 saturated heterocycles. The maximum Gasteiger partial charge on any atom is 0.251 e. The van der Waals surface area contributed by atoms with Gasteiger partial charge < -0.3 is 9.88 Å². The Morgan fingerprint density at radius 2 is 1.90 bits per heavy atom. The standard InChI is InChI=1S/C23H22ClF2N3O/c1-2-18(28-23(30)12-3-5-13(24)6-4-12)20-15-9-14(10-16(15)20)29-11-27-19-8-7-17(25)21(26)22(19)29/h3-8,11,14-16,18,20H,2,9-10H2,1H3,(H,28,30)/t14?,15-,16+,18?,20?. The number of imidazole rings is 1. The van der Waals surface area contributed by atoms with Crippen LogP contribution in [0.15, 0.2) is 42.7 Å². The molecule has 2 fully saturated rings. The maximum absolute atomic E-state index is 14.4. The number of nitrogens with zero attached hydrogens (tertiary/aromatic N) is 2. The smallest absolute Gasteiger partial charge is 0.251 e. The van der Waals surface area contributed by atoms with Gasteiger partial charge in [0.05, 0.1) is 11.8 Å². The molecule has 3 aromatic rings. The number of benzene rings is 2. The molecule has 7 heteroatoms. The minimum Gasteiger partial charge on any atom is -0.349 e. The highest BCUT2D eigenvalue weighted by Crippen LogP contribution is 2.62. The van der Waals surface area contributed by atoms with Crippen molar-refractivity contribution in [2.24, 2.45) is 17.8 Å². The predicted molar refractivity (Wildman–Crippen MR) is 111 cm³/mol. The Bertz CT molecular complexity index is 1100. The fourth-order valence-electron chi connectivity index (χ4n) is 5.35. The molecular weight excluding hydrogens is 408 g/mol. The zero-order valence-electron chi connectivity index (χ0n) is 16.5. The number of fused-ring (bicyclic) bond motifs is 2. The highest BCUT2D eigenvalue weighted by atomic mass is 35.5. The number of amides is 1. The summed E-state index contributed by atoms with van der Waals surface area (Å²) in [5.41, 5.74) is 1.33. The lowest BCUT2D eigenvalue weighted by Crippen LogP contribution is -2.37. The van der Waals surface area contributed by atoms with Gasteiger partial charge in [-0.1, -0.05) is 18.5 Å². The first-order valence-corrected chi connectivity index (χ1v) is 10.7. The van der Waals surface area contributed by atoms with Gasteiger partial charge >= 0.3 is 0 Å². The van der Waals surface area contributed by atoms with Crippen LogP contribution in [0.4, 0.5) is 8.78 Å². The first-order chi connectivity index (χ1) is 14.5. The van der Waals surface area contributed by atoms with Crippen LogP contribution in [0.2, 0.25) is 5.02 Å². The molecule has 1 amide bonds. The van der Waals surface area contributed by atoms with Crippen molar-refractivity contribution in [3.8, 4) is 0 Å². The summed E-state index contributed by atoms with van der Waals surface area (Å²) >= 11 is 5.90. The van der Waals surface area contributed by atoms with Gasteiger partial charge in [-0.05, 0) is 73.4 Å². The second kappa shape index (κ2) is 7.34. The number of hydrogen-bond acceptors (Lipinski definition) is 2. The molecule has 3 unspecified atom stereocenters. The van der Waals surface area contributed by atoms with Crippen LogP contribution < -0.4 is 5.32 Å². The molecule has 1 heterocycles. The summed E-state index contributed by atoms with van der Waals surface area (Å²) in [5.74, 6) is -0.360. The molecule has 0 radical (unpaired) electrons. The molecule has 2 aliphatic rings. The first kappa shape index (κ1) is 19.5. The second-order valence-electron chi connectivity index (χ2n) is 8.41. The summed E-state index contributed by atoms with van der Waals surface area (Å²) < 4.78 is 29.9. The van der Waals surface area contributed by atoms with Crippen LogP contribution in [-0.4, -0.2) is 21.5 Å². The zero-order chi connectivity index (χ0) is 21.0. The van der Waals surface area contributed by atoms with E-state index in [1.54, 1.807) is 35.2 Å². The number of carbonyl (C=O) groups excluding carboxylic acids is 1. The molecule has 5 atom stereocenters. The Morgan fingerprint density at radius 3 is 2.57 bits per heavy atom. The molecule has 156 valence electrons. The number of halogens is 3. The molecule has 4 nitrogen and oxygen atoms in total. The molecule has 1 aromatic heterocycles. The Balaban J connectivity index is 1.27. The summed E-state index contributed by atoms with van der Waals surface area (Å²) in [7, 11) is 0. The Morgan fingerprint density at radius 1 is 1.20 bits per heavy atom. The van der Waals surface area contributed by atoms with E-state index in [1.807, 2.05) is 0 Å². The number of rotatable bonds is 5. The molecule has 0 bridgehead atoms. The van der Waals surface area contributed by atoms with E-state index in [4.69, 9.17) is 11.6 Å². The van der Waals surface area contributed by atoms with E-state index in [-0.39, 0.29) is 23.5 Å². The van der Waals surface area contributed by atoms with Gasteiger partial charge in [-0.2, -0.15) is 0 Å². The fourth-order valence-corrected chi connectivity index (χ4v) is 5.47. The quantitative estimate of drug-likeness (QED) is 0.592. The van der Waals surface area contributed by atoms with Crippen molar-refractivity contribution in [1.29, 1.82) is 0 Å². The first-order valence-electron chi connectivity index (χ1n) is 10.3. The summed E-state index contributed by atoms with van der Waals surface area (Å²) in [6.07, 6.45) is 4.26. The molecule has 30 heavy (non-hydrogen) atoms. The number of aromatic nitrogens is 2. The van der Waals surface area contributed by atoms with E-state index >= 15 is 0 Å². The van der Waals surface area contributed by atoms with E-state index in [1.165, 1.54) is 6.07 Å². The SMILES string of the molecule is CCC(NC(=O)c1ccc(Cl)cc1)C1[C@H]2CC(n3cnc4ccc(F)c(F)c43)C[C@@H]12. The molecule has 2 saturated carbocycles. The zero-order valence-corrected chi connectivity index (χ0v) is 17.2. The fraction of sp³-hybridized carbons (Fsp3) is 0.391. The van der Waals surface area contributed by atoms with Crippen LogP contribution in [0.3, 0.4) is 0 Å². The Hall–Kier alpha value is -2.47. The Labute approximate surface area is 178 Å². The summed E-state index contributed by atoms with van der Waals surface area (Å²) in [6.45, 7) is 2.08. The van der Waals surface area contributed by atoms with Crippen molar-refractivity contribution >= 4 is 28.5 Å². The van der Waals surface area contributed by atoms with Gasteiger partial charge in [0.1, 0.15) is 5.52 Å². The van der Waals surface area contributed by atoms with E-state index in [0.717, 1.165) is 25.3 Å². The van der Waals surface area contributed by atoms with Crippen LogP contribution in [0, 0.1) is 29.4 Å². The lowest BCUT2D eigenvalue weighted by Gasteiger charge is -2.22. The molecular formula is C23H22ClF2N3O. The maximum atomic E-state index is 14.4. The van der Waals surface area contributed by atoms with Gasteiger partial charge in [0.15, 0.2) is 11.6 Å². The number of hydrogen-bond donors (Lipinski definition) is 1. The monoisotopic (exact) mass is 429 g/mol. The van der Waals surface area contributed by atoms with E-state index < -0.39 is 11.6 Å². The average molecular weight is 430 g/mol. The van der Waals surface area contributed by atoms with Crippen molar-refractivity contribution in [2.45, 2.75) is 38.3 Å². The van der Waals surface area contributed by atoms with Gasteiger partial charge in [-0.3, -0.25) is 4.79 Å². The third kappa shape index (κ3) is 3.18. The molecule has 1 N–H and O–H groups in total. The van der Waals surface area contributed by atoms with Gasteiger partial charge in [-0.15, -0.1) is 0 Å². The molecule has 5 rings (SSSR count). The van der Waals surface area contributed by atoms with Crippen molar-refractivity contribution in [2.75, 3.05) is 0 Å². The molecule has 2 aromatic carbocycles. The Kier molecular flexibility index (Phi) is 4.77. The van der Waals surface area contributed by atoms with Crippen molar-refractivity contribution in [1.82, 2.24) is 14.9 Å². The number of carbonyl (C=O) groups is 1. The molecule has 2 aliphatic carbocycles. The lowest BCUT2D eigenvalue weighted by molar-refractivity contribution is 0.0927. The minimum atomic E-state index is -0.846. The van der Waals surface area contributed by atoms with E-state index in [2.05, 4.69) is 17.2 Å². The van der Waals surface area contributed by atoms with Crippen LogP contribution in [0.5, 0.6) is 0 Å². The van der Waals surface area contributed by atoms with E-state index in [9.17, 15) is 13.6 Å². The summed E-state index contributed by atoms with van der Waals surface area (Å²) in [4.78, 5) is 16.8.